The molecule has 0 unspecified atom stereocenters. The molecule has 1 amide bonds. The van der Waals surface area contributed by atoms with Crippen molar-refractivity contribution in [3.8, 4) is 22.8 Å². The lowest BCUT2D eigenvalue weighted by Crippen LogP contribution is -2.36. The summed E-state index contributed by atoms with van der Waals surface area (Å²) in [6.07, 6.45) is 4.23. The van der Waals surface area contributed by atoms with E-state index in [2.05, 4.69) is 4.98 Å². The lowest BCUT2D eigenvalue weighted by atomic mass is 9.97. The first-order valence-electron chi connectivity index (χ1n) is 10.5. The van der Waals surface area contributed by atoms with Gasteiger partial charge in [0.05, 0.1) is 31.0 Å². The Balaban J connectivity index is 1.54. The fourth-order valence-electron chi connectivity index (χ4n) is 4.25. The summed E-state index contributed by atoms with van der Waals surface area (Å²) in [4.78, 5) is 24.5. The van der Waals surface area contributed by atoms with Gasteiger partial charge in [0, 0.05) is 36.4 Å². The van der Waals surface area contributed by atoms with Gasteiger partial charge in [0.25, 0.3) is 5.91 Å². The number of carbonyl (C=O) groups is 1. The molecule has 0 spiro atoms. The minimum absolute atomic E-state index is 0.000610. The van der Waals surface area contributed by atoms with Gasteiger partial charge in [-0.05, 0) is 53.9 Å². The number of carbonyl (C=O) groups excluding carboxylic acids is 1. The van der Waals surface area contributed by atoms with E-state index in [9.17, 15) is 4.79 Å². The normalized spacial score (nSPS) is 13.0. The van der Waals surface area contributed by atoms with Gasteiger partial charge in [0.1, 0.15) is 0 Å². The zero-order valence-electron chi connectivity index (χ0n) is 18.0. The number of hydrogen-bond acceptors (Lipinski definition) is 5. The summed E-state index contributed by atoms with van der Waals surface area (Å²) in [6, 6.07) is 17.5. The van der Waals surface area contributed by atoms with Crippen molar-refractivity contribution >= 4 is 16.8 Å². The van der Waals surface area contributed by atoms with Gasteiger partial charge in [-0.1, -0.05) is 18.2 Å². The Labute approximate surface area is 186 Å². The number of amides is 1. The first-order chi connectivity index (χ1) is 15.7. The first-order valence-corrected chi connectivity index (χ1v) is 10.5. The van der Waals surface area contributed by atoms with Crippen LogP contribution in [0.25, 0.3) is 22.2 Å². The highest BCUT2D eigenvalue weighted by atomic mass is 16.5. The molecule has 0 atom stereocenters. The number of rotatable bonds is 4. The Kier molecular flexibility index (Phi) is 5.19. The lowest BCUT2D eigenvalue weighted by molar-refractivity contribution is 0.0736. The smallest absolute Gasteiger partial charge is 0.254 e. The highest BCUT2D eigenvalue weighted by Gasteiger charge is 2.25. The minimum Gasteiger partial charge on any atom is -0.493 e. The summed E-state index contributed by atoms with van der Waals surface area (Å²) in [5, 5.41) is 0.855. The molecule has 3 heterocycles. The van der Waals surface area contributed by atoms with Crippen molar-refractivity contribution in [2.45, 2.75) is 13.0 Å². The predicted molar refractivity (Wildman–Crippen MR) is 123 cm³/mol. The average Bonchev–Trinajstić information content (AvgIpc) is 2.86. The third kappa shape index (κ3) is 3.54. The van der Waals surface area contributed by atoms with E-state index in [1.165, 1.54) is 5.56 Å². The highest BCUT2D eigenvalue weighted by molar-refractivity contribution is 6.07. The van der Waals surface area contributed by atoms with Crippen LogP contribution in [-0.2, 0) is 13.0 Å². The van der Waals surface area contributed by atoms with Gasteiger partial charge in [0.2, 0.25) is 0 Å². The van der Waals surface area contributed by atoms with Crippen LogP contribution in [0, 0.1) is 0 Å². The fraction of sp³-hybridized carbons (Fsp3) is 0.192. The highest BCUT2D eigenvalue weighted by Crippen LogP contribution is 2.34. The maximum atomic E-state index is 13.7. The largest absolute Gasteiger partial charge is 0.493 e. The van der Waals surface area contributed by atoms with Crippen molar-refractivity contribution < 1.29 is 14.3 Å². The molecule has 0 saturated heterocycles. The zero-order chi connectivity index (χ0) is 22.1. The topological polar surface area (TPSA) is 64.6 Å². The molecule has 0 fully saturated rings. The van der Waals surface area contributed by atoms with Crippen LogP contribution in [0.5, 0.6) is 11.5 Å². The van der Waals surface area contributed by atoms with Crippen LogP contribution >= 0.6 is 0 Å². The van der Waals surface area contributed by atoms with Gasteiger partial charge in [-0.15, -0.1) is 0 Å². The van der Waals surface area contributed by atoms with Crippen LogP contribution in [-0.4, -0.2) is 41.5 Å². The lowest BCUT2D eigenvalue weighted by Gasteiger charge is -2.30. The molecule has 4 aromatic rings. The van der Waals surface area contributed by atoms with Crippen molar-refractivity contribution in [2.75, 3.05) is 20.8 Å². The van der Waals surface area contributed by atoms with E-state index in [1.54, 1.807) is 26.6 Å². The SMILES string of the molecule is COc1cc2c(cc1OC)CN(C(=O)c1cc(-c3ccncc3)nc3ccccc13)CC2. The van der Waals surface area contributed by atoms with Gasteiger partial charge in [-0.3, -0.25) is 9.78 Å². The maximum Gasteiger partial charge on any atom is 0.254 e. The van der Waals surface area contributed by atoms with Crippen molar-refractivity contribution in [3.05, 3.63) is 83.7 Å². The number of fused-ring (bicyclic) bond motifs is 2. The number of methoxy groups -OCH3 is 2. The minimum atomic E-state index is -0.000610. The van der Waals surface area contributed by atoms with Crippen molar-refractivity contribution in [2.24, 2.45) is 0 Å². The van der Waals surface area contributed by atoms with Crippen molar-refractivity contribution in [1.82, 2.24) is 14.9 Å². The van der Waals surface area contributed by atoms with Crippen molar-refractivity contribution in [3.63, 3.8) is 0 Å². The summed E-state index contributed by atoms with van der Waals surface area (Å²) >= 11 is 0. The van der Waals surface area contributed by atoms with E-state index in [4.69, 9.17) is 14.5 Å². The number of nitrogens with zero attached hydrogens (tertiary/aromatic N) is 3. The summed E-state index contributed by atoms with van der Waals surface area (Å²) < 4.78 is 10.9. The second-order valence-corrected chi connectivity index (χ2v) is 7.76. The molecule has 0 radical (unpaired) electrons. The molecule has 160 valence electrons. The molecule has 1 aliphatic rings. The molecule has 2 aromatic carbocycles. The summed E-state index contributed by atoms with van der Waals surface area (Å²) in [5.74, 6) is 1.39. The van der Waals surface area contributed by atoms with Crippen LogP contribution in [0.15, 0.2) is 67.0 Å². The zero-order valence-corrected chi connectivity index (χ0v) is 18.0. The second-order valence-electron chi connectivity index (χ2n) is 7.76. The number of ether oxygens (including phenoxy) is 2. The molecule has 6 heteroatoms. The Morgan fingerprint density at radius 2 is 1.66 bits per heavy atom. The Morgan fingerprint density at radius 3 is 2.41 bits per heavy atom. The van der Waals surface area contributed by atoms with Gasteiger partial charge in [0.15, 0.2) is 11.5 Å². The fourth-order valence-corrected chi connectivity index (χ4v) is 4.25. The molecule has 0 aliphatic carbocycles. The molecule has 32 heavy (non-hydrogen) atoms. The van der Waals surface area contributed by atoms with Crippen LogP contribution in [0.2, 0.25) is 0 Å². The molecule has 0 bridgehead atoms. The maximum absolute atomic E-state index is 13.7. The van der Waals surface area contributed by atoms with Gasteiger partial charge < -0.3 is 14.4 Å². The predicted octanol–water partition coefficient (Wildman–Crippen LogP) is 4.51. The number of aromatic nitrogens is 2. The average molecular weight is 425 g/mol. The van der Waals surface area contributed by atoms with E-state index >= 15 is 0 Å². The Hall–Kier alpha value is -3.93. The molecule has 0 saturated carbocycles. The monoisotopic (exact) mass is 425 g/mol. The number of para-hydroxylation sites is 1. The second kappa shape index (κ2) is 8.30. The van der Waals surface area contributed by atoms with Crippen LogP contribution in [0.4, 0.5) is 0 Å². The van der Waals surface area contributed by atoms with E-state index < -0.39 is 0 Å². The third-order valence-corrected chi connectivity index (χ3v) is 5.93. The number of benzene rings is 2. The van der Waals surface area contributed by atoms with Crippen molar-refractivity contribution in [1.29, 1.82) is 0 Å². The molecule has 2 aromatic heterocycles. The van der Waals surface area contributed by atoms with Crippen LogP contribution < -0.4 is 9.47 Å². The third-order valence-electron chi connectivity index (χ3n) is 5.93. The van der Waals surface area contributed by atoms with Crippen LogP contribution in [0.1, 0.15) is 21.5 Å². The summed E-state index contributed by atoms with van der Waals surface area (Å²) in [7, 11) is 3.26. The number of hydrogen-bond donors (Lipinski definition) is 0. The Bertz CT molecular complexity index is 1300. The molecule has 6 nitrogen and oxygen atoms in total. The summed E-state index contributed by atoms with van der Waals surface area (Å²) in [5.41, 5.74) is 5.41. The van der Waals surface area contributed by atoms with Crippen LogP contribution in [0.3, 0.4) is 0 Å². The molecular formula is C26H23N3O3. The molecule has 0 N–H and O–H groups in total. The summed E-state index contributed by atoms with van der Waals surface area (Å²) in [6.45, 7) is 1.16. The van der Waals surface area contributed by atoms with E-state index in [0.29, 0.717) is 30.2 Å². The van der Waals surface area contributed by atoms with Gasteiger partial charge in [-0.25, -0.2) is 4.98 Å². The number of pyridine rings is 2. The molecular weight excluding hydrogens is 402 g/mol. The molecule has 5 rings (SSSR count). The standard InChI is InChI=1S/C26H23N3O3/c1-31-24-13-18-9-12-29(16-19(18)14-25(24)32-2)26(30)21-15-23(17-7-10-27-11-8-17)28-22-6-4-3-5-20(21)22/h3-8,10-11,13-15H,9,12,16H2,1-2H3. The van der Waals surface area contributed by atoms with E-state index in [1.807, 2.05) is 59.5 Å². The first kappa shape index (κ1) is 20.0. The van der Waals surface area contributed by atoms with Gasteiger partial charge >= 0.3 is 0 Å². The van der Waals surface area contributed by atoms with E-state index in [0.717, 1.165) is 34.1 Å². The Morgan fingerprint density at radius 1 is 0.938 bits per heavy atom. The van der Waals surface area contributed by atoms with E-state index in [-0.39, 0.29) is 5.91 Å². The molecule has 1 aliphatic heterocycles. The van der Waals surface area contributed by atoms with Gasteiger partial charge in [-0.2, -0.15) is 0 Å². The quantitative estimate of drug-likeness (QED) is 0.481.